The number of sulfonamides is 1. The molecule has 1 fully saturated rings. The van der Waals surface area contributed by atoms with Crippen molar-refractivity contribution in [3.63, 3.8) is 0 Å². The minimum absolute atomic E-state index is 0.0416. The van der Waals surface area contributed by atoms with E-state index in [4.69, 9.17) is 16.1 Å². The average molecular weight is 528 g/mol. The molecule has 3 aromatic rings. The van der Waals surface area contributed by atoms with E-state index in [0.717, 1.165) is 16.7 Å². The van der Waals surface area contributed by atoms with Crippen molar-refractivity contribution in [2.45, 2.75) is 45.4 Å². The Morgan fingerprint density at radius 1 is 1.11 bits per heavy atom. The van der Waals surface area contributed by atoms with Crippen molar-refractivity contribution in [3.05, 3.63) is 75.1 Å². The first-order chi connectivity index (χ1) is 17.1. The first-order valence-electron chi connectivity index (χ1n) is 11.8. The van der Waals surface area contributed by atoms with E-state index in [0.29, 0.717) is 35.8 Å². The monoisotopic (exact) mass is 527 g/mol. The van der Waals surface area contributed by atoms with Gasteiger partial charge in [-0.25, -0.2) is 8.42 Å². The summed E-state index contributed by atoms with van der Waals surface area (Å²) in [6.45, 7) is 8.12. The minimum atomic E-state index is -3.93. The van der Waals surface area contributed by atoms with Crippen LogP contribution in [0.5, 0.6) is 0 Å². The Bertz CT molecular complexity index is 1390. The zero-order valence-corrected chi connectivity index (χ0v) is 22.4. The second-order valence-corrected chi connectivity index (χ2v) is 11.6. The molecule has 2 heterocycles. The number of benzene rings is 2. The average Bonchev–Trinajstić information content (AvgIpc) is 3.21. The van der Waals surface area contributed by atoms with E-state index in [1.54, 1.807) is 37.3 Å². The van der Waals surface area contributed by atoms with E-state index >= 15 is 0 Å². The molecule has 1 unspecified atom stereocenters. The van der Waals surface area contributed by atoms with Crippen LogP contribution in [0.3, 0.4) is 0 Å². The molecule has 0 aliphatic carbocycles. The molecule has 0 bridgehead atoms. The summed E-state index contributed by atoms with van der Waals surface area (Å²) in [6.07, 6.45) is 4.70. The van der Waals surface area contributed by atoms with Crippen LogP contribution in [-0.4, -0.2) is 36.9 Å². The first-order valence-corrected chi connectivity index (χ1v) is 13.7. The van der Waals surface area contributed by atoms with Crippen LogP contribution in [0.15, 0.2) is 45.8 Å². The number of piperidine rings is 1. The minimum Gasteiger partial charge on any atom is -0.355 e. The lowest BCUT2D eigenvalue weighted by Crippen LogP contribution is -2.43. The number of amides is 1. The van der Waals surface area contributed by atoms with Crippen LogP contribution in [0.25, 0.3) is 12.2 Å². The van der Waals surface area contributed by atoms with Gasteiger partial charge in [-0.2, -0.15) is 4.31 Å². The Balaban J connectivity index is 1.56. The van der Waals surface area contributed by atoms with Crippen molar-refractivity contribution in [2.24, 2.45) is 5.92 Å². The Morgan fingerprint density at radius 2 is 1.78 bits per heavy atom. The third-order valence-electron chi connectivity index (χ3n) is 6.44. The highest BCUT2D eigenvalue weighted by Gasteiger charge is 2.37. The normalized spacial score (nSPS) is 17.0. The van der Waals surface area contributed by atoms with Gasteiger partial charge in [-0.05, 0) is 87.6 Å². The van der Waals surface area contributed by atoms with Gasteiger partial charge < -0.3 is 9.84 Å². The number of anilines is 1. The summed E-state index contributed by atoms with van der Waals surface area (Å²) in [5, 5.41) is 7.38. The number of hydrogen-bond acceptors (Lipinski definition) is 5. The molecule has 0 spiro atoms. The zero-order valence-electron chi connectivity index (χ0n) is 20.8. The topological polar surface area (TPSA) is 92.5 Å². The van der Waals surface area contributed by atoms with Crippen molar-refractivity contribution in [1.82, 2.24) is 9.46 Å². The number of halogens is 1. The smallest absolute Gasteiger partial charge is 0.248 e. The van der Waals surface area contributed by atoms with Crippen molar-refractivity contribution in [3.8, 4) is 0 Å². The number of aryl methyl sites for hydroxylation is 4. The predicted octanol–water partition coefficient (Wildman–Crippen LogP) is 5.77. The number of hydrogen-bond donors (Lipinski definition) is 1. The molecule has 190 valence electrons. The second-order valence-electron chi connectivity index (χ2n) is 9.31. The van der Waals surface area contributed by atoms with E-state index in [1.165, 1.54) is 9.87 Å². The fraction of sp³-hybridized carbons (Fsp3) is 0.333. The summed E-state index contributed by atoms with van der Waals surface area (Å²) in [4.78, 5) is 12.9. The Labute approximate surface area is 217 Å². The maximum Gasteiger partial charge on any atom is 0.248 e. The number of nitrogens with one attached hydrogen (secondary N) is 1. The second kappa shape index (κ2) is 10.6. The van der Waals surface area contributed by atoms with Crippen LogP contribution in [0, 0.1) is 33.6 Å². The highest BCUT2D eigenvalue weighted by molar-refractivity contribution is 7.89. The first kappa shape index (κ1) is 26.1. The molecular weight excluding hydrogens is 498 g/mol. The van der Waals surface area contributed by atoms with Gasteiger partial charge in [-0.15, -0.1) is 0 Å². The molecule has 2 aromatic carbocycles. The lowest BCUT2D eigenvalue weighted by atomic mass is 9.99. The van der Waals surface area contributed by atoms with Crippen LogP contribution in [0.1, 0.15) is 46.5 Å². The maximum absolute atomic E-state index is 13.7. The summed E-state index contributed by atoms with van der Waals surface area (Å²) >= 11 is 5.92. The van der Waals surface area contributed by atoms with E-state index in [-0.39, 0.29) is 23.1 Å². The van der Waals surface area contributed by atoms with Crippen LogP contribution < -0.4 is 5.32 Å². The molecule has 0 radical (unpaired) electrons. The Morgan fingerprint density at radius 3 is 2.44 bits per heavy atom. The van der Waals surface area contributed by atoms with E-state index < -0.39 is 15.9 Å². The quantitative estimate of drug-likeness (QED) is 0.439. The number of carbonyl (C=O) groups is 1. The van der Waals surface area contributed by atoms with Crippen molar-refractivity contribution >= 4 is 45.4 Å². The molecule has 0 saturated carbocycles. The molecule has 1 aliphatic heterocycles. The third-order valence-corrected chi connectivity index (χ3v) is 8.71. The standard InChI is InChI=1S/C27H30ClN3O4S/c1-17-14-18(2)24(19(3)15-17)11-12-25-26(20(4)30-35-25)36(33,34)31-13-5-6-21(16-31)27(32)29-23-9-7-22(28)8-10-23/h7-12,14-15,21H,5-6,13,16H2,1-4H3,(H,29,32)/b12-11+. The molecule has 1 N–H and O–H groups in total. The lowest BCUT2D eigenvalue weighted by molar-refractivity contribution is -0.120. The molecule has 1 atom stereocenters. The fourth-order valence-electron chi connectivity index (χ4n) is 4.69. The van der Waals surface area contributed by atoms with Gasteiger partial charge in [0.2, 0.25) is 15.9 Å². The van der Waals surface area contributed by atoms with Crippen molar-refractivity contribution in [1.29, 1.82) is 0 Å². The highest BCUT2D eigenvalue weighted by atomic mass is 35.5. The molecule has 36 heavy (non-hydrogen) atoms. The number of nitrogens with zero attached hydrogens (tertiary/aromatic N) is 2. The SMILES string of the molecule is Cc1cc(C)c(/C=C/c2onc(C)c2S(=O)(=O)N2CCCC(C(=O)Nc3ccc(Cl)cc3)C2)c(C)c1. The van der Waals surface area contributed by atoms with Gasteiger partial charge in [0.1, 0.15) is 5.69 Å². The molecule has 9 heteroatoms. The van der Waals surface area contributed by atoms with Crippen molar-refractivity contribution in [2.75, 3.05) is 18.4 Å². The van der Waals surface area contributed by atoms with Crippen LogP contribution in [0.2, 0.25) is 5.02 Å². The van der Waals surface area contributed by atoms with Crippen LogP contribution in [0.4, 0.5) is 5.69 Å². The summed E-state index contributed by atoms with van der Waals surface area (Å²) in [5.41, 5.74) is 5.27. The van der Waals surface area contributed by atoms with Gasteiger partial charge in [0.05, 0.1) is 5.92 Å². The summed E-state index contributed by atoms with van der Waals surface area (Å²) in [7, 11) is -3.93. The van der Waals surface area contributed by atoms with E-state index in [1.807, 2.05) is 26.8 Å². The van der Waals surface area contributed by atoms with E-state index in [2.05, 4.69) is 22.6 Å². The van der Waals surface area contributed by atoms with Crippen LogP contribution in [-0.2, 0) is 14.8 Å². The van der Waals surface area contributed by atoms with Gasteiger partial charge >= 0.3 is 0 Å². The maximum atomic E-state index is 13.7. The Hall–Kier alpha value is -2.94. The molecule has 4 rings (SSSR count). The lowest BCUT2D eigenvalue weighted by Gasteiger charge is -2.31. The van der Waals surface area contributed by atoms with Gasteiger partial charge in [-0.1, -0.05) is 40.5 Å². The van der Waals surface area contributed by atoms with Gasteiger partial charge in [0, 0.05) is 23.8 Å². The van der Waals surface area contributed by atoms with Crippen molar-refractivity contribution < 1.29 is 17.7 Å². The fourth-order valence-corrected chi connectivity index (χ4v) is 6.59. The number of rotatable bonds is 6. The highest BCUT2D eigenvalue weighted by Crippen LogP contribution is 2.30. The zero-order chi connectivity index (χ0) is 26.0. The summed E-state index contributed by atoms with van der Waals surface area (Å²) in [6, 6.07) is 11.0. The molecular formula is C27H30ClN3O4S. The van der Waals surface area contributed by atoms with Gasteiger partial charge in [-0.3, -0.25) is 4.79 Å². The molecule has 1 aliphatic rings. The molecule has 1 aromatic heterocycles. The predicted molar refractivity (Wildman–Crippen MR) is 142 cm³/mol. The molecule has 1 saturated heterocycles. The third kappa shape index (κ3) is 5.56. The summed E-state index contributed by atoms with van der Waals surface area (Å²) in [5.74, 6) is -0.509. The number of aromatic nitrogens is 1. The van der Waals surface area contributed by atoms with E-state index in [9.17, 15) is 13.2 Å². The Kier molecular flexibility index (Phi) is 7.68. The largest absolute Gasteiger partial charge is 0.355 e. The molecule has 1 amide bonds. The molecule has 7 nitrogen and oxygen atoms in total. The number of carbonyl (C=O) groups excluding carboxylic acids is 1. The van der Waals surface area contributed by atoms with Gasteiger partial charge in [0.25, 0.3) is 0 Å². The summed E-state index contributed by atoms with van der Waals surface area (Å²) < 4.78 is 34.2. The van der Waals surface area contributed by atoms with Gasteiger partial charge in [0.15, 0.2) is 10.7 Å². The van der Waals surface area contributed by atoms with Crippen LogP contribution >= 0.6 is 11.6 Å².